The number of rotatable bonds is 3. The molecule has 72 valence electrons. The Hall–Kier alpha value is -0.170. The third-order valence-corrected chi connectivity index (χ3v) is 3.07. The first-order valence-electron chi connectivity index (χ1n) is 4.05. The Labute approximate surface area is 73.1 Å². The van der Waals surface area contributed by atoms with E-state index in [4.69, 9.17) is 0 Å². The van der Waals surface area contributed by atoms with Crippen LogP contribution in [0.3, 0.4) is 0 Å². The zero-order chi connectivity index (χ0) is 9.03. The van der Waals surface area contributed by atoms with Crippen LogP contribution in [0.2, 0.25) is 0 Å². The molecule has 0 aromatic rings. The molecule has 1 fully saturated rings. The molecule has 5 nitrogen and oxygen atoms in total. The zero-order valence-corrected chi connectivity index (χ0v) is 7.95. The van der Waals surface area contributed by atoms with Crippen molar-refractivity contribution in [3.8, 4) is 0 Å². The number of hydrogen-bond donors (Lipinski definition) is 3. The van der Waals surface area contributed by atoms with Gasteiger partial charge in [0.05, 0.1) is 0 Å². The van der Waals surface area contributed by atoms with Gasteiger partial charge in [0.25, 0.3) is 10.2 Å². The Bertz CT molecular complexity index is 221. The van der Waals surface area contributed by atoms with Crippen molar-refractivity contribution in [3.63, 3.8) is 0 Å². The lowest BCUT2D eigenvalue weighted by Gasteiger charge is -2.23. The number of hydrogen-bond acceptors (Lipinski definition) is 3. The van der Waals surface area contributed by atoms with Gasteiger partial charge in [0, 0.05) is 19.6 Å². The van der Waals surface area contributed by atoms with Crippen molar-refractivity contribution in [1.82, 2.24) is 14.8 Å². The standard InChI is InChI=1S/C6H15N3O2S/c1-7-12(10,11)9-6-3-2-4-8-5-6/h6-9H,2-5H2,1H3/t6-/m1/s1. The molecular weight excluding hydrogens is 178 g/mol. The van der Waals surface area contributed by atoms with Crippen molar-refractivity contribution in [2.45, 2.75) is 18.9 Å². The van der Waals surface area contributed by atoms with Crippen LogP contribution >= 0.6 is 0 Å². The van der Waals surface area contributed by atoms with Crippen LogP contribution < -0.4 is 14.8 Å². The Balaban J connectivity index is 2.39. The second kappa shape index (κ2) is 4.18. The van der Waals surface area contributed by atoms with E-state index in [1.54, 1.807) is 0 Å². The van der Waals surface area contributed by atoms with Crippen molar-refractivity contribution in [2.24, 2.45) is 0 Å². The molecule has 0 unspecified atom stereocenters. The van der Waals surface area contributed by atoms with Crippen LogP contribution in [0, 0.1) is 0 Å². The molecule has 0 aliphatic carbocycles. The van der Waals surface area contributed by atoms with Gasteiger partial charge in [-0.2, -0.15) is 13.1 Å². The van der Waals surface area contributed by atoms with Gasteiger partial charge in [-0.25, -0.2) is 4.72 Å². The van der Waals surface area contributed by atoms with Gasteiger partial charge < -0.3 is 5.32 Å². The number of nitrogens with one attached hydrogen (secondary N) is 3. The van der Waals surface area contributed by atoms with Crippen molar-refractivity contribution >= 4 is 10.2 Å². The maximum absolute atomic E-state index is 11.0. The number of piperidine rings is 1. The summed E-state index contributed by atoms with van der Waals surface area (Å²) in [6.45, 7) is 1.71. The van der Waals surface area contributed by atoms with E-state index in [0.717, 1.165) is 25.9 Å². The summed E-state index contributed by atoms with van der Waals surface area (Å²) in [5.41, 5.74) is 0. The highest BCUT2D eigenvalue weighted by molar-refractivity contribution is 7.87. The second-order valence-electron chi connectivity index (χ2n) is 2.87. The summed E-state index contributed by atoms with van der Waals surface area (Å²) in [6, 6.07) is 0.0381. The highest BCUT2D eigenvalue weighted by atomic mass is 32.2. The molecular formula is C6H15N3O2S. The summed E-state index contributed by atoms with van der Waals surface area (Å²) in [5.74, 6) is 0. The fourth-order valence-corrected chi connectivity index (χ4v) is 1.99. The molecule has 1 rings (SSSR count). The van der Waals surface area contributed by atoms with E-state index in [1.165, 1.54) is 7.05 Å². The third-order valence-electron chi connectivity index (χ3n) is 1.89. The van der Waals surface area contributed by atoms with Crippen LogP contribution in [0.4, 0.5) is 0 Å². The predicted octanol–water partition coefficient (Wildman–Crippen LogP) is -1.21. The summed E-state index contributed by atoms with van der Waals surface area (Å²) in [4.78, 5) is 0. The van der Waals surface area contributed by atoms with Crippen LogP contribution in [0.25, 0.3) is 0 Å². The minimum atomic E-state index is -3.26. The molecule has 1 heterocycles. The fourth-order valence-electron chi connectivity index (χ4n) is 1.23. The molecule has 0 saturated carbocycles. The molecule has 1 aliphatic rings. The normalized spacial score (nSPS) is 25.6. The average Bonchev–Trinajstić information content (AvgIpc) is 2.06. The molecule has 12 heavy (non-hydrogen) atoms. The van der Waals surface area contributed by atoms with Gasteiger partial charge in [-0.3, -0.25) is 0 Å². The van der Waals surface area contributed by atoms with Crippen LogP contribution in [-0.4, -0.2) is 34.6 Å². The molecule has 0 amide bonds. The van der Waals surface area contributed by atoms with Crippen molar-refractivity contribution in [1.29, 1.82) is 0 Å². The highest BCUT2D eigenvalue weighted by Gasteiger charge is 2.17. The van der Waals surface area contributed by atoms with E-state index in [1.807, 2.05) is 0 Å². The molecule has 0 radical (unpaired) electrons. The second-order valence-corrected chi connectivity index (χ2v) is 4.52. The molecule has 1 saturated heterocycles. The minimum Gasteiger partial charge on any atom is -0.315 e. The predicted molar refractivity (Wildman–Crippen MR) is 47.0 cm³/mol. The maximum atomic E-state index is 11.0. The molecule has 1 atom stereocenters. The first-order chi connectivity index (χ1) is 5.64. The smallest absolute Gasteiger partial charge is 0.276 e. The van der Waals surface area contributed by atoms with Crippen LogP contribution in [0.1, 0.15) is 12.8 Å². The molecule has 1 aliphatic heterocycles. The van der Waals surface area contributed by atoms with Crippen LogP contribution in [0.5, 0.6) is 0 Å². The van der Waals surface area contributed by atoms with Gasteiger partial charge in [0.1, 0.15) is 0 Å². The van der Waals surface area contributed by atoms with E-state index >= 15 is 0 Å². The van der Waals surface area contributed by atoms with Crippen molar-refractivity contribution in [2.75, 3.05) is 20.1 Å². The lowest BCUT2D eigenvalue weighted by Crippen LogP contribution is -2.48. The van der Waals surface area contributed by atoms with Crippen molar-refractivity contribution in [3.05, 3.63) is 0 Å². The SMILES string of the molecule is CNS(=O)(=O)N[C@@H]1CCCNC1. The van der Waals surface area contributed by atoms with Crippen molar-refractivity contribution < 1.29 is 8.42 Å². The van der Waals surface area contributed by atoms with Gasteiger partial charge in [-0.1, -0.05) is 0 Å². The molecule has 0 bridgehead atoms. The van der Waals surface area contributed by atoms with Gasteiger partial charge >= 0.3 is 0 Å². The first kappa shape index (κ1) is 9.91. The van der Waals surface area contributed by atoms with Gasteiger partial charge in [-0.05, 0) is 19.4 Å². The minimum absolute atomic E-state index is 0.0381. The molecule has 6 heteroatoms. The Kier molecular flexibility index (Phi) is 3.45. The molecule has 0 aromatic heterocycles. The summed E-state index contributed by atoms with van der Waals surface area (Å²) in [6.07, 6.45) is 1.94. The monoisotopic (exact) mass is 193 g/mol. The average molecular weight is 193 g/mol. The Morgan fingerprint density at radius 3 is 2.75 bits per heavy atom. The fraction of sp³-hybridized carbons (Fsp3) is 1.00. The van der Waals surface area contributed by atoms with Gasteiger partial charge in [0.15, 0.2) is 0 Å². The van der Waals surface area contributed by atoms with E-state index in [-0.39, 0.29) is 6.04 Å². The molecule has 0 aromatic carbocycles. The Morgan fingerprint density at radius 1 is 1.50 bits per heavy atom. The summed E-state index contributed by atoms with van der Waals surface area (Å²) in [5, 5.41) is 3.13. The van der Waals surface area contributed by atoms with Crippen LogP contribution in [-0.2, 0) is 10.2 Å². The topological polar surface area (TPSA) is 70.2 Å². The van der Waals surface area contributed by atoms with Gasteiger partial charge in [0.2, 0.25) is 0 Å². The molecule has 0 spiro atoms. The molecule has 3 N–H and O–H groups in total. The lowest BCUT2D eigenvalue weighted by molar-refractivity contribution is 0.427. The summed E-state index contributed by atoms with van der Waals surface area (Å²) < 4.78 is 26.8. The summed E-state index contributed by atoms with van der Waals surface area (Å²) in [7, 11) is -1.86. The first-order valence-corrected chi connectivity index (χ1v) is 5.54. The van der Waals surface area contributed by atoms with E-state index in [9.17, 15) is 8.42 Å². The maximum Gasteiger partial charge on any atom is 0.276 e. The largest absolute Gasteiger partial charge is 0.315 e. The van der Waals surface area contributed by atoms with Gasteiger partial charge in [-0.15, -0.1) is 0 Å². The summed E-state index contributed by atoms with van der Waals surface area (Å²) >= 11 is 0. The highest BCUT2D eigenvalue weighted by Crippen LogP contribution is 2.01. The zero-order valence-electron chi connectivity index (χ0n) is 7.13. The Morgan fingerprint density at radius 2 is 2.25 bits per heavy atom. The van der Waals surface area contributed by atoms with E-state index in [0.29, 0.717) is 0 Å². The third kappa shape index (κ3) is 3.06. The quantitative estimate of drug-likeness (QED) is 0.527. The van der Waals surface area contributed by atoms with E-state index in [2.05, 4.69) is 14.8 Å². The van der Waals surface area contributed by atoms with E-state index < -0.39 is 10.2 Å². The van der Waals surface area contributed by atoms with Crippen LogP contribution in [0.15, 0.2) is 0 Å². The lowest BCUT2D eigenvalue weighted by atomic mass is 10.1.